The van der Waals surface area contributed by atoms with E-state index in [4.69, 9.17) is 0 Å². The smallest absolute Gasteiger partial charge is 0.317 e. The van der Waals surface area contributed by atoms with Crippen LogP contribution >= 0.6 is 0 Å². The van der Waals surface area contributed by atoms with E-state index in [0.717, 1.165) is 25.8 Å². The molecule has 2 heterocycles. The molecule has 6 heteroatoms. The Morgan fingerprint density at radius 2 is 2.00 bits per heavy atom. The van der Waals surface area contributed by atoms with Crippen LogP contribution in [0.15, 0.2) is 30.3 Å². The zero-order valence-electron chi connectivity index (χ0n) is 12.6. The molecule has 0 bridgehead atoms. The lowest BCUT2D eigenvalue weighted by Crippen LogP contribution is -2.47. The van der Waals surface area contributed by atoms with Crippen molar-refractivity contribution in [3.8, 4) is 0 Å². The number of rotatable bonds is 3. The number of carbonyl (C=O) groups excluding carboxylic acids is 1. The first-order valence-corrected chi connectivity index (χ1v) is 9.67. The molecule has 22 heavy (non-hydrogen) atoms. The minimum atomic E-state index is -2.96. The number of likely N-dealkylation sites (tertiary alicyclic amines) is 1. The fraction of sp³-hybridized carbons (Fsp3) is 0.562. The van der Waals surface area contributed by atoms with Gasteiger partial charge in [0.1, 0.15) is 0 Å². The second kappa shape index (κ2) is 6.28. The van der Waals surface area contributed by atoms with Crippen LogP contribution in [0.4, 0.5) is 4.79 Å². The first-order valence-electron chi connectivity index (χ1n) is 7.85. The summed E-state index contributed by atoms with van der Waals surface area (Å²) in [5.74, 6) is 0.265. The predicted octanol–water partition coefficient (Wildman–Crippen LogP) is 1.59. The summed E-state index contributed by atoms with van der Waals surface area (Å²) in [4.78, 5) is 14.3. The fourth-order valence-corrected chi connectivity index (χ4v) is 5.04. The number of nitrogens with one attached hydrogen (secondary N) is 1. The number of benzene rings is 1. The number of hydrogen-bond acceptors (Lipinski definition) is 3. The van der Waals surface area contributed by atoms with Gasteiger partial charge in [-0.2, -0.15) is 0 Å². The zero-order chi connectivity index (χ0) is 15.6. The molecule has 1 aromatic carbocycles. The third-order valence-electron chi connectivity index (χ3n) is 4.51. The Morgan fingerprint density at radius 3 is 2.68 bits per heavy atom. The average molecular weight is 322 g/mol. The summed E-state index contributed by atoms with van der Waals surface area (Å²) in [6.07, 6.45) is 3.40. The molecule has 5 nitrogen and oxygen atoms in total. The summed E-state index contributed by atoms with van der Waals surface area (Å²) in [6.45, 7) is 0.753. The summed E-state index contributed by atoms with van der Waals surface area (Å²) in [5, 5.41) is 2.90. The van der Waals surface area contributed by atoms with Gasteiger partial charge in [-0.3, -0.25) is 0 Å². The molecule has 2 saturated heterocycles. The van der Waals surface area contributed by atoms with Crippen LogP contribution in [-0.2, 0) is 16.3 Å². The molecule has 1 N–H and O–H groups in total. The quantitative estimate of drug-likeness (QED) is 0.919. The summed E-state index contributed by atoms with van der Waals surface area (Å²) in [5.41, 5.74) is 1.23. The molecule has 2 atom stereocenters. The lowest BCUT2D eigenvalue weighted by atomic mass is 10.0. The third-order valence-corrected chi connectivity index (χ3v) is 6.28. The molecule has 2 aliphatic rings. The van der Waals surface area contributed by atoms with Crippen molar-refractivity contribution in [3.05, 3.63) is 35.9 Å². The average Bonchev–Trinajstić information content (AvgIpc) is 3.06. The molecule has 0 radical (unpaired) electrons. The van der Waals surface area contributed by atoms with E-state index in [9.17, 15) is 13.2 Å². The van der Waals surface area contributed by atoms with Crippen molar-refractivity contribution < 1.29 is 13.2 Å². The van der Waals surface area contributed by atoms with Gasteiger partial charge in [-0.25, -0.2) is 13.2 Å². The topological polar surface area (TPSA) is 66.5 Å². The van der Waals surface area contributed by atoms with Gasteiger partial charge in [-0.1, -0.05) is 30.3 Å². The van der Waals surface area contributed by atoms with Crippen LogP contribution in [0.5, 0.6) is 0 Å². The number of carbonyl (C=O) groups is 1. The van der Waals surface area contributed by atoms with Crippen LogP contribution in [0.1, 0.15) is 24.8 Å². The van der Waals surface area contributed by atoms with Crippen LogP contribution in [0.25, 0.3) is 0 Å². The summed E-state index contributed by atoms with van der Waals surface area (Å²) in [7, 11) is -2.96. The molecule has 2 aliphatic heterocycles. The van der Waals surface area contributed by atoms with Crippen LogP contribution < -0.4 is 5.32 Å². The first-order chi connectivity index (χ1) is 10.5. The van der Waals surface area contributed by atoms with Crippen molar-refractivity contribution >= 4 is 15.9 Å². The minimum Gasteiger partial charge on any atom is -0.334 e. The highest BCUT2D eigenvalue weighted by Crippen LogP contribution is 2.22. The lowest BCUT2D eigenvalue weighted by molar-refractivity contribution is 0.189. The molecule has 0 aliphatic carbocycles. The highest BCUT2D eigenvalue weighted by Gasteiger charge is 2.33. The highest BCUT2D eigenvalue weighted by atomic mass is 32.2. The Hall–Kier alpha value is -1.56. The summed E-state index contributed by atoms with van der Waals surface area (Å²) in [6, 6.07) is 10.0. The first kappa shape index (κ1) is 15.3. The standard InChI is InChI=1S/C16H22N2O3S/c19-16(17-14-8-10-22(20,21)12-14)18-9-4-7-15(18)11-13-5-2-1-3-6-13/h1-3,5-6,14-15H,4,7-12H2,(H,17,19)/t14-,15-/m1/s1. The van der Waals surface area contributed by atoms with Gasteiger partial charge >= 0.3 is 6.03 Å². The van der Waals surface area contributed by atoms with E-state index in [1.54, 1.807) is 0 Å². The maximum Gasteiger partial charge on any atom is 0.317 e. The van der Waals surface area contributed by atoms with Gasteiger partial charge in [0, 0.05) is 18.6 Å². The van der Waals surface area contributed by atoms with E-state index in [0.29, 0.717) is 6.42 Å². The van der Waals surface area contributed by atoms with Crippen molar-refractivity contribution in [1.82, 2.24) is 10.2 Å². The molecule has 120 valence electrons. The molecule has 2 amide bonds. The zero-order valence-corrected chi connectivity index (χ0v) is 13.4. The lowest BCUT2D eigenvalue weighted by Gasteiger charge is -2.26. The van der Waals surface area contributed by atoms with Crippen LogP contribution in [0.2, 0.25) is 0 Å². The Balaban J connectivity index is 1.59. The maximum absolute atomic E-state index is 12.4. The van der Waals surface area contributed by atoms with Gasteiger partial charge in [0.25, 0.3) is 0 Å². The van der Waals surface area contributed by atoms with Crippen LogP contribution in [0.3, 0.4) is 0 Å². The van der Waals surface area contributed by atoms with Crippen molar-refractivity contribution in [2.75, 3.05) is 18.1 Å². The number of sulfone groups is 1. The Labute approximate surface area is 131 Å². The van der Waals surface area contributed by atoms with Gasteiger partial charge in [0.05, 0.1) is 11.5 Å². The van der Waals surface area contributed by atoms with Crippen LogP contribution in [0, 0.1) is 0 Å². The largest absolute Gasteiger partial charge is 0.334 e. The molecule has 2 fully saturated rings. The SMILES string of the molecule is O=C(N[C@@H]1CCS(=O)(=O)C1)N1CCC[C@@H]1Cc1ccccc1. The summed E-state index contributed by atoms with van der Waals surface area (Å²) >= 11 is 0. The van der Waals surface area contributed by atoms with Gasteiger partial charge in [-0.05, 0) is 31.2 Å². The van der Waals surface area contributed by atoms with Crippen molar-refractivity contribution in [2.45, 2.75) is 37.8 Å². The Bertz CT molecular complexity index is 630. The van der Waals surface area contributed by atoms with Gasteiger partial charge < -0.3 is 10.2 Å². The number of urea groups is 1. The van der Waals surface area contributed by atoms with Crippen molar-refractivity contribution in [1.29, 1.82) is 0 Å². The molecular formula is C16H22N2O3S. The number of amides is 2. The predicted molar refractivity (Wildman–Crippen MR) is 85.5 cm³/mol. The normalized spacial score (nSPS) is 27.0. The summed E-state index contributed by atoms with van der Waals surface area (Å²) < 4.78 is 23.0. The third kappa shape index (κ3) is 3.61. The Kier molecular flexibility index (Phi) is 4.38. The molecular weight excluding hydrogens is 300 g/mol. The molecule has 1 aromatic rings. The van der Waals surface area contributed by atoms with E-state index in [2.05, 4.69) is 17.4 Å². The van der Waals surface area contributed by atoms with Crippen LogP contribution in [-0.4, -0.2) is 49.5 Å². The van der Waals surface area contributed by atoms with E-state index in [1.165, 1.54) is 5.56 Å². The molecule has 0 unspecified atom stereocenters. The van der Waals surface area contributed by atoms with E-state index < -0.39 is 9.84 Å². The monoisotopic (exact) mass is 322 g/mol. The van der Waals surface area contributed by atoms with Crippen molar-refractivity contribution in [3.63, 3.8) is 0 Å². The molecule has 3 rings (SSSR count). The van der Waals surface area contributed by atoms with Gasteiger partial charge in [-0.15, -0.1) is 0 Å². The Morgan fingerprint density at radius 1 is 1.23 bits per heavy atom. The van der Waals surface area contributed by atoms with Gasteiger partial charge in [0.2, 0.25) is 0 Å². The second-order valence-electron chi connectivity index (χ2n) is 6.23. The second-order valence-corrected chi connectivity index (χ2v) is 8.46. The number of nitrogens with zero attached hydrogens (tertiary/aromatic N) is 1. The molecule has 0 saturated carbocycles. The highest BCUT2D eigenvalue weighted by molar-refractivity contribution is 7.91. The molecule has 0 aromatic heterocycles. The maximum atomic E-state index is 12.4. The number of hydrogen-bond donors (Lipinski definition) is 1. The van der Waals surface area contributed by atoms with Crippen molar-refractivity contribution in [2.24, 2.45) is 0 Å². The van der Waals surface area contributed by atoms with E-state index in [-0.39, 0.29) is 29.6 Å². The van der Waals surface area contributed by atoms with Gasteiger partial charge in [0.15, 0.2) is 9.84 Å². The van der Waals surface area contributed by atoms with E-state index >= 15 is 0 Å². The minimum absolute atomic E-state index is 0.0793. The molecule has 0 spiro atoms. The fourth-order valence-electron chi connectivity index (χ4n) is 3.37. The van der Waals surface area contributed by atoms with E-state index in [1.807, 2.05) is 23.1 Å².